The van der Waals surface area contributed by atoms with Crippen LogP contribution in [0.25, 0.3) is 34.3 Å². The lowest BCUT2D eigenvalue weighted by Crippen LogP contribution is -2.32. The van der Waals surface area contributed by atoms with Crippen LogP contribution in [0.4, 0.5) is 5.82 Å². The van der Waals surface area contributed by atoms with Gasteiger partial charge in [0.2, 0.25) is 0 Å². The highest BCUT2D eigenvalue weighted by molar-refractivity contribution is 6.04. The molecule has 6 aromatic rings. The summed E-state index contributed by atoms with van der Waals surface area (Å²) in [5, 5.41) is 12.7. The van der Waals surface area contributed by atoms with Gasteiger partial charge in [-0.3, -0.25) is 18.8 Å². The standard InChI is InChI=1S/C30H26N8O2/c1-19(34-29(39)26-27(31)35-37-15-7-14-32-28(26)37)24-16-22-9-6-8-21(13-12-20-17-33-36(2)18-20)25(22)30(40)38(24)23-10-4-3-5-11-23/h3-19H,1-2H3,(H2,31,35)(H,34,39)/b13-12+/t19-/m1/s1. The topological polar surface area (TPSA) is 125 Å². The smallest absolute Gasteiger partial charge is 0.263 e. The number of benzene rings is 2. The molecule has 0 unspecified atom stereocenters. The number of nitrogens with zero attached hydrogens (tertiary/aromatic N) is 6. The first-order valence-corrected chi connectivity index (χ1v) is 12.7. The SMILES string of the molecule is C[C@@H](NC(=O)c1c(N)nn2cccnc12)c1cc2cccc(/C=C/c3cnn(C)c3)c2c(=O)n1-c1ccccc1. The summed E-state index contributed by atoms with van der Waals surface area (Å²) in [6.45, 7) is 1.83. The molecule has 2 aromatic carbocycles. The molecular weight excluding hydrogens is 504 g/mol. The predicted octanol–water partition coefficient (Wildman–Crippen LogP) is 4.01. The highest BCUT2D eigenvalue weighted by Crippen LogP contribution is 2.25. The zero-order chi connectivity index (χ0) is 27.8. The first kappa shape index (κ1) is 24.8. The molecule has 0 saturated carbocycles. The van der Waals surface area contributed by atoms with Gasteiger partial charge < -0.3 is 11.1 Å². The van der Waals surface area contributed by atoms with Crippen LogP contribution in [0.15, 0.2) is 90.2 Å². The van der Waals surface area contributed by atoms with E-state index in [-0.39, 0.29) is 16.9 Å². The molecule has 0 spiro atoms. The van der Waals surface area contributed by atoms with Crippen LogP contribution in [0.2, 0.25) is 0 Å². The van der Waals surface area contributed by atoms with Crippen LogP contribution in [0.3, 0.4) is 0 Å². The molecule has 6 rings (SSSR count). The maximum atomic E-state index is 14.2. The highest BCUT2D eigenvalue weighted by Gasteiger charge is 2.23. The number of amides is 1. The summed E-state index contributed by atoms with van der Waals surface area (Å²) < 4.78 is 4.83. The molecule has 0 saturated heterocycles. The Bertz CT molecular complexity index is 1970. The number of fused-ring (bicyclic) bond motifs is 2. The molecule has 10 nitrogen and oxygen atoms in total. The zero-order valence-electron chi connectivity index (χ0n) is 21.9. The fourth-order valence-electron chi connectivity index (χ4n) is 4.89. The largest absolute Gasteiger partial charge is 0.381 e. The Balaban J connectivity index is 1.46. The molecule has 40 heavy (non-hydrogen) atoms. The number of pyridine rings is 1. The zero-order valence-corrected chi connectivity index (χ0v) is 21.9. The number of nitrogens with two attached hydrogens (primary N) is 1. The van der Waals surface area contributed by atoms with Crippen molar-refractivity contribution in [3.63, 3.8) is 0 Å². The molecule has 0 fully saturated rings. The number of carbonyl (C=O) groups is 1. The van der Waals surface area contributed by atoms with E-state index in [4.69, 9.17) is 5.73 Å². The number of anilines is 1. The molecule has 0 aliphatic carbocycles. The lowest BCUT2D eigenvalue weighted by atomic mass is 10.0. The summed E-state index contributed by atoms with van der Waals surface area (Å²) in [5.74, 6) is -0.355. The number of nitrogens with one attached hydrogen (secondary N) is 1. The number of hydrogen-bond acceptors (Lipinski definition) is 6. The average Bonchev–Trinajstić information content (AvgIpc) is 3.53. The van der Waals surface area contributed by atoms with Crippen molar-refractivity contribution in [3.8, 4) is 5.69 Å². The second-order valence-electron chi connectivity index (χ2n) is 9.48. The minimum Gasteiger partial charge on any atom is -0.381 e. The van der Waals surface area contributed by atoms with E-state index < -0.39 is 11.9 Å². The van der Waals surface area contributed by atoms with Crippen LogP contribution in [-0.4, -0.2) is 34.9 Å². The van der Waals surface area contributed by atoms with E-state index in [2.05, 4.69) is 20.5 Å². The van der Waals surface area contributed by atoms with E-state index in [1.165, 1.54) is 4.52 Å². The van der Waals surface area contributed by atoms with Crippen molar-refractivity contribution in [2.75, 3.05) is 5.73 Å². The van der Waals surface area contributed by atoms with Gasteiger partial charge in [-0.2, -0.15) is 5.10 Å². The Kier molecular flexibility index (Phi) is 6.19. The van der Waals surface area contributed by atoms with Gasteiger partial charge in [0.1, 0.15) is 5.56 Å². The van der Waals surface area contributed by atoms with Gasteiger partial charge in [0.25, 0.3) is 11.5 Å². The number of hydrogen-bond donors (Lipinski definition) is 2. The first-order chi connectivity index (χ1) is 19.4. The molecule has 1 amide bonds. The first-order valence-electron chi connectivity index (χ1n) is 12.7. The Morgan fingerprint density at radius 1 is 1.07 bits per heavy atom. The van der Waals surface area contributed by atoms with Gasteiger partial charge >= 0.3 is 0 Å². The quantitative estimate of drug-likeness (QED) is 0.335. The maximum absolute atomic E-state index is 14.2. The third kappa shape index (κ3) is 4.41. The summed E-state index contributed by atoms with van der Waals surface area (Å²) in [7, 11) is 1.86. The number of nitrogen functional groups attached to an aromatic ring is 1. The average molecular weight is 531 g/mol. The van der Waals surface area contributed by atoms with Crippen molar-refractivity contribution >= 4 is 40.3 Å². The number of aryl methyl sites for hydroxylation is 1. The molecule has 0 radical (unpaired) electrons. The third-order valence-corrected chi connectivity index (χ3v) is 6.74. The summed E-state index contributed by atoms with van der Waals surface area (Å²) in [6, 6.07) is 18.2. The minimum atomic E-state index is -0.558. The van der Waals surface area contributed by atoms with Gasteiger partial charge in [0.15, 0.2) is 11.5 Å². The lowest BCUT2D eigenvalue weighted by Gasteiger charge is -2.21. The van der Waals surface area contributed by atoms with Crippen LogP contribution in [-0.2, 0) is 7.05 Å². The Labute approximate surface area is 229 Å². The Morgan fingerprint density at radius 2 is 1.90 bits per heavy atom. The van der Waals surface area contributed by atoms with Crippen molar-refractivity contribution in [1.82, 2.24) is 34.3 Å². The van der Waals surface area contributed by atoms with Crippen LogP contribution < -0.4 is 16.6 Å². The minimum absolute atomic E-state index is 0.0763. The molecular formula is C30H26N8O2. The van der Waals surface area contributed by atoms with Crippen molar-refractivity contribution in [2.24, 2.45) is 7.05 Å². The van der Waals surface area contributed by atoms with Crippen molar-refractivity contribution in [3.05, 3.63) is 118 Å². The fourth-order valence-corrected chi connectivity index (χ4v) is 4.89. The number of carbonyl (C=O) groups excluding carboxylic acids is 1. The van der Waals surface area contributed by atoms with Gasteiger partial charge in [-0.15, -0.1) is 5.10 Å². The third-order valence-electron chi connectivity index (χ3n) is 6.74. The number of aromatic nitrogens is 6. The van der Waals surface area contributed by atoms with Crippen LogP contribution in [0.1, 0.15) is 40.1 Å². The maximum Gasteiger partial charge on any atom is 0.263 e. The molecule has 198 valence electrons. The summed E-state index contributed by atoms with van der Waals surface area (Å²) >= 11 is 0. The molecule has 4 heterocycles. The Morgan fingerprint density at radius 3 is 2.67 bits per heavy atom. The molecule has 0 aliphatic rings. The van der Waals surface area contributed by atoms with E-state index in [1.54, 1.807) is 33.9 Å². The van der Waals surface area contributed by atoms with Gasteiger partial charge in [-0.05, 0) is 42.1 Å². The van der Waals surface area contributed by atoms with E-state index >= 15 is 0 Å². The van der Waals surface area contributed by atoms with Crippen molar-refractivity contribution in [2.45, 2.75) is 13.0 Å². The predicted molar refractivity (Wildman–Crippen MR) is 155 cm³/mol. The summed E-state index contributed by atoms with van der Waals surface area (Å²) in [6.07, 6.45) is 10.8. The van der Waals surface area contributed by atoms with E-state index in [9.17, 15) is 9.59 Å². The molecule has 0 aliphatic heterocycles. The second-order valence-corrected chi connectivity index (χ2v) is 9.48. The molecule has 3 N–H and O–H groups in total. The van der Waals surface area contributed by atoms with Gasteiger partial charge in [0.05, 0.1) is 17.6 Å². The second kappa shape index (κ2) is 9.99. The van der Waals surface area contributed by atoms with Crippen LogP contribution in [0.5, 0.6) is 0 Å². The van der Waals surface area contributed by atoms with Gasteiger partial charge in [0, 0.05) is 42.6 Å². The van der Waals surface area contributed by atoms with Crippen molar-refractivity contribution in [1.29, 1.82) is 0 Å². The number of rotatable bonds is 6. The van der Waals surface area contributed by atoms with Crippen LogP contribution in [0, 0.1) is 0 Å². The normalized spacial score (nSPS) is 12.3. The summed E-state index contributed by atoms with van der Waals surface area (Å²) in [4.78, 5) is 31.9. The van der Waals surface area contributed by atoms with Crippen molar-refractivity contribution < 1.29 is 4.79 Å². The van der Waals surface area contributed by atoms with E-state index in [0.717, 1.165) is 16.5 Å². The van der Waals surface area contributed by atoms with Crippen LogP contribution >= 0.6 is 0 Å². The van der Waals surface area contributed by atoms with E-state index in [1.807, 2.05) is 86.9 Å². The number of para-hydroxylation sites is 1. The van der Waals surface area contributed by atoms with E-state index in [0.29, 0.717) is 22.4 Å². The monoisotopic (exact) mass is 530 g/mol. The molecule has 10 heteroatoms. The summed E-state index contributed by atoms with van der Waals surface area (Å²) in [5.41, 5.74) is 9.44. The fraction of sp³-hybridized carbons (Fsp3) is 0.100. The van der Waals surface area contributed by atoms with Gasteiger partial charge in [-0.25, -0.2) is 9.50 Å². The molecule has 1 atom stereocenters. The molecule has 0 bridgehead atoms. The lowest BCUT2D eigenvalue weighted by molar-refractivity contribution is 0.0941. The molecule has 4 aromatic heterocycles. The Hall–Kier alpha value is -5.51. The van der Waals surface area contributed by atoms with Gasteiger partial charge in [-0.1, -0.05) is 48.6 Å². The highest BCUT2D eigenvalue weighted by atomic mass is 16.2.